The molecule has 0 unspecified atom stereocenters. The number of likely N-dealkylation sites (tertiary alicyclic amines) is 1. The summed E-state index contributed by atoms with van der Waals surface area (Å²) in [5, 5.41) is 0. The Morgan fingerprint density at radius 1 is 1.33 bits per heavy atom. The van der Waals surface area contributed by atoms with E-state index < -0.39 is 11.6 Å². The molecular formula is C16H21F2NO2. The third kappa shape index (κ3) is 4.32. The maximum Gasteiger partial charge on any atom is 0.169 e. The van der Waals surface area contributed by atoms with Crippen molar-refractivity contribution < 1.29 is 18.3 Å². The van der Waals surface area contributed by atoms with Crippen molar-refractivity contribution in [2.24, 2.45) is 5.92 Å². The molecule has 1 aliphatic heterocycles. The fourth-order valence-electron chi connectivity index (χ4n) is 2.73. The molecule has 0 spiro atoms. The summed E-state index contributed by atoms with van der Waals surface area (Å²) in [6, 6.07) is 3.72. The Balaban J connectivity index is 1.81. The number of ether oxygens (including phenoxy) is 1. The zero-order valence-electron chi connectivity index (χ0n) is 12.3. The molecule has 1 aromatic rings. The standard InChI is InChI=1S/C16H21F2NO2/c1-21-11-12-5-8-19(9-6-12)10-7-15(20)13-3-2-4-14(17)16(13)18/h2-4,12H,5-11H2,1H3. The number of hydrogen-bond acceptors (Lipinski definition) is 3. The van der Waals surface area contributed by atoms with Gasteiger partial charge in [-0.05, 0) is 44.0 Å². The van der Waals surface area contributed by atoms with Gasteiger partial charge in [0.25, 0.3) is 0 Å². The van der Waals surface area contributed by atoms with Gasteiger partial charge in [0.15, 0.2) is 17.4 Å². The van der Waals surface area contributed by atoms with Crippen LogP contribution in [0.25, 0.3) is 0 Å². The fraction of sp³-hybridized carbons (Fsp3) is 0.562. The first-order valence-electron chi connectivity index (χ1n) is 7.30. The van der Waals surface area contributed by atoms with Crippen LogP contribution in [0.5, 0.6) is 0 Å². The van der Waals surface area contributed by atoms with Gasteiger partial charge in [-0.15, -0.1) is 0 Å². The summed E-state index contributed by atoms with van der Waals surface area (Å²) in [7, 11) is 1.71. The minimum absolute atomic E-state index is 0.149. The van der Waals surface area contributed by atoms with Crippen LogP contribution in [0, 0.1) is 17.6 Å². The van der Waals surface area contributed by atoms with Crippen LogP contribution in [0.3, 0.4) is 0 Å². The lowest BCUT2D eigenvalue weighted by atomic mass is 9.97. The number of carbonyl (C=O) groups is 1. The summed E-state index contributed by atoms with van der Waals surface area (Å²) in [6.07, 6.45) is 2.32. The van der Waals surface area contributed by atoms with Crippen molar-refractivity contribution in [3.05, 3.63) is 35.4 Å². The largest absolute Gasteiger partial charge is 0.384 e. The smallest absolute Gasteiger partial charge is 0.169 e. The first-order valence-corrected chi connectivity index (χ1v) is 7.30. The van der Waals surface area contributed by atoms with Gasteiger partial charge in [0.1, 0.15) is 0 Å². The topological polar surface area (TPSA) is 29.5 Å². The molecular weight excluding hydrogens is 276 g/mol. The van der Waals surface area contributed by atoms with Crippen molar-refractivity contribution in [1.29, 1.82) is 0 Å². The number of benzene rings is 1. The van der Waals surface area contributed by atoms with Gasteiger partial charge in [-0.1, -0.05) is 6.07 Å². The van der Waals surface area contributed by atoms with Gasteiger partial charge in [-0.2, -0.15) is 0 Å². The minimum Gasteiger partial charge on any atom is -0.384 e. The molecule has 1 fully saturated rings. The molecule has 1 aromatic carbocycles. The molecule has 3 nitrogen and oxygen atoms in total. The van der Waals surface area contributed by atoms with Crippen molar-refractivity contribution in [2.45, 2.75) is 19.3 Å². The predicted octanol–water partition coefficient (Wildman–Crippen LogP) is 2.90. The second-order valence-electron chi connectivity index (χ2n) is 5.51. The molecule has 1 aliphatic rings. The van der Waals surface area contributed by atoms with Crippen LogP contribution in [0.2, 0.25) is 0 Å². The molecule has 0 atom stereocenters. The number of ketones is 1. The van der Waals surface area contributed by atoms with Gasteiger partial charge in [-0.25, -0.2) is 8.78 Å². The molecule has 1 heterocycles. The number of Topliss-reactive ketones (excluding diaryl/α,β-unsaturated/α-hetero) is 1. The van der Waals surface area contributed by atoms with Gasteiger partial charge >= 0.3 is 0 Å². The highest BCUT2D eigenvalue weighted by Gasteiger charge is 2.20. The molecule has 2 rings (SSSR count). The summed E-state index contributed by atoms with van der Waals surface area (Å²) in [6.45, 7) is 3.22. The number of nitrogens with zero attached hydrogens (tertiary/aromatic N) is 1. The Bertz CT molecular complexity index is 485. The normalized spacial score (nSPS) is 17.1. The summed E-state index contributed by atoms with van der Waals surface area (Å²) < 4.78 is 31.8. The number of piperidine rings is 1. The Hall–Kier alpha value is -1.33. The second kappa shape index (κ2) is 7.61. The molecule has 1 saturated heterocycles. The zero-order valence-corrected chi connectivity index (χ0v) is 12.3. The lowest BCUT2D eigenvalue weighted by Crippen LogP contribution is -2.36. The molecule has 116 valence electrons. The van der Waals surface area contributed by atoms with E-state index in [1.165, 1.54) is 12.1 Å². The van der Waals surface area contributed by atoms with Crippen LogP contribution in [-0.2, 0) is 4.74 Å². The van der Waals surface area contributed by atoms with E-state index in [0.29, 0.717) is 12.5 Å². The zero-order chi connectivity index (χ0) is 15.2. The quantitative estimate of drug-likeness (QED) is 0.756. The van der Waals surface area contributed by atoms with E-state index in [1.807, 2.05) is 0 Å². The van der Waals surface area contributed by atoms with E-state index in [9.17, 15) is 13.6 Å². The van der Waals surface area contributed by atoms with Crippen LogP contribution in [-0.4, -0.2) is 44.0 Å². The number of carbonyl (C=O) groups excluding carboxylic acids is 1. The fourth-order valence-corrected chi connectivity index (χ4v) is 2.73. The average molecular weight is 297 g/mol. The van der Waals surface area contributed by atoms with Gasteiger partial charge in [0.2, 0.25) is 0 Å². The van der Waals surface area contributed by atoms with E-state index >= 15 is 0 Å². The molecule has 0 amide bonds. The van der Waals surface area contributed by atoms with Crippen LogP contribution in [0.4, 0.5) is 8.78 Å². The lowest BCUT2D eigenvalue weighted by Gasteiger charge is -2.31. The van der Waals surface area contributed by atoms with Crippen LogP contribution in [0.15, 0.2) is 18.2 Å². The number of hydrogen-bond donors (Lipinski definition) is 0. The molecule has 0 N–H and O–H groups in total. The number of methoxy groups -OCH3 is 1. The second-order valence-corrected chi connectivity index (χ2v) is 5.51. The predicted molar refractivity (Wildman–Crippen MR) is 76.3 cm³/mol. The Labute approximate surface area is 123 Å². The maximum absolute atomic E-state index is 13.5. The monoisotopic (exact) mass is 297 g/mol. The van der Waals surface area contributed by atoms with Crippen molar-refractivity contribution in [3.8, 4) is 0 Å². The maximum atomic E-state index is 13.5. The highest BCUT2D eigenvalue weighted by atomic mass is 19.2. The van der Waals surface area contributed by atoms with E-state index in [0.717, 1.165) is 38.6 Å². The average Bonchev–Trinajstić information content (AvgIpc) is 2.49. The Kier molecular flexibility index (Phi) is 5.82. The summed E-state index contributed by atoms with van der Waals surface area (Å²) in [5.41, 5.74) is -0.149. The van der Waals surface area contributed by atoms with Crippen LogP contribution < -0.4 is 0 Å². The summed E-state index contributed by atoms with van der Waals surface area (Å²) >= 11 is 0. The number of halogens is 2. The Morgan fingerprint density at radius 2 is 2.05 bits per heavy atom. The van der Waals surface area contributed by atoms with Crippen molar-refractivity contribution in [2.75, 3.05) is 33.4 Å². The molecule has 21 heavy (non-hydrogen) atoms. The van der Waals surface area contributed by atoms with Crippen LogP contribution in [0.1, 0.15) is 29.6 Å². The third-order valence-electron chi connectivity index (χ3n) is 4.02. The van der Waals surface area contributed by atoms with Crippen LogP contribution >= 0.6 is 0 Å². The van der Waals surface area contributed by atoms with E-state index in [4.69, 9.17) is 4.74 Å². The van der Waals surface area contributed by atoms with Gasteiger partial charge in [0.05, 0.1) is 5.56 Å². The first kappa shape index (κ1) is 16.0. The third-order valence-corrected chi connectivity index (χ3v) is 4.02. The highest BCUT2D eigenvalue weighted by Crippen LogP contribution is 2.18. The van der Waals surface area contributed by atoms with Crippen molar-refractivity contribution in [3.63, 3.8) is 0 Å². The number of rotatable bonds is 6. The van der Waals surface area contributed by atoms with Crippen molar-refractivity contribution in [1.82, 2.24) is 4.90 Å². The molecule has 0 radical (unpaired) electrons. The van der Waals surface area contributed by atoms with E-state index in [-0.39, 0.29) is 17.8 Å². The Morgan fingerprint density at radius 3 is 2.71 bits per heavy atom. The summed E-state index contributed by atoms with van der Waals surface area (Å²) in [4.78, 5) is 14.2. The van der Waals surface area contributed by atoms with E-state index in [2.05, 4.69) is 4.90 Å². The van der Waals surface area contributed by atoms with Gasteiger partial charge in [-0.3, -0.25) is 4.79 Å². The first-order chi connectivity index (χ1) is 10.1. The van der Waals surface area contributed by atoms with Gasteiger partial charge in [0, 0.05) is 26.7 Å². The van der Waals surface area contributed by atoms with Crippen molar-refractivity contribution >= 4 is 5.78 Å². The highest BCUT2D eigenvalue weighted by molar-refractivity contribution is 5.96. The van der Waals surface area contributed by atoms with Gasteiger partial charge < -0.3 is 9.64 Å². The minimum atomic E-state index is -1.04. The summed E-state index contributed by atoms with van der Waals surface area (Å²) in [5.74, 6) is -1.77. The lowest BCUT2D eigenvalue weighted by molar-refractivity contribution is 0.0880. The molecule has 0 saturated carbocycles. The molecule has 0 aliphatic carbocycles. The van der Waals surface area contributed by atoms with E-state index in [1.54, 1.807) is 7.11 Å². The SMILES string of the molecule is COCC1CCN(CCC(=O)c2cccc(F)c2F)CC1. The molecule has 5 heteroatoms. The molecule has 0 aromatic heterocycles. The molecule has 0 bridgehead atoms.